The second kappa shape index (κ2) is 6.72. The Balaban J connectivity index is 1.99. The molecule has 114 valence electrons. The van der Waals surface area contributed by atoms with Crippen LogP contribution in [-0.2, 0) is 9.53 Å². The smallest absolute Gasteiger partial charge is 0.338 e. The molecule has 1 saturated heterocycles. The predicted octanol–water partition coefficient (Wildman–Crippen LogP) is 2.19. The highest BCUT2D eigenvalue weighted by atomic mass is 16.5. The molecule has 0 bridgehead atoms. The number of carbonyl (C=O) groups excluding carboxylic acids is 2. The molecule has 1 aliphatic heterocycles. The number of ether oxygens (including phenoxy) is 1. The van der Waals surface area contributed by atoms with Gasteiger partial charge in [-0.1, -0.05) is 6.92 Å². The van der Waals surface area contributed by atoms with E-state index in [2.05, 4.69) is 10.6 Å². The van der Waals surface area contributed by atoms with E-state index in [1.165, 1.54) is 0 Å². The van der Waals surface area contributed by atoms with Crippen molar-refractivity contribution in [3.05, 3.63) is 29.8 Å². The van der Waals surface area contributed by atoms with Crippen molar-refractivity contribution in [2.45, 2.75) is 26.7 Å². The standard InChI is InChI=1S/C16H22N2O3/c1-3-21-14(19)12-4-6-13(7-5-12)18-15(20)16(2)8-10-17-11-9-16/h4-7,17H,3,8-11H2,1-2H3,(H,18,20). The number of carbonyl (C=O) groups is 2. The molecule has 5 nitrogen and oxygen atoms in total. The zero-order valence-electron chi connectivity index (χ0n) is 12.6. The Bertz CT molecular complexity index is 505. The Morgan fingerprint density at radius 1 is 1.24 bits per heavy atom. The van der Waals surface area contributed by atoms with Gasteiger partial charge in [0.25, 0.3) is 0 Å². The SMILES string of the molecule is CCOC(=O)c1ccc(NC(=O)C2(C)CCNCC2)cc1. The molecule has 0 aromatic heterocycles. The Morgan fingerprint density at radius 2 is 1.86 bits per heavy atom. The first kappa shape index (κ1) is 15.5. The van der Waals surface area contributed by atoms with Gasteiger partial charge in [-0.05, 0) is 57.1 Å². The minimum absolute atomic E-state index is 0.0351. The fourth-order valence-electron chi connectivity index (χ4n) is 2.39. The first-order valence-electron chi connectivity index (χ1n) is 7.34. The molecule has 5 heteroatoms. The Morgan fingerprint density at radius 3 is 2.43 bits per heavy atom. The summed E-state index contributed by atoms with van der Waals surface area (Å²) in [5.74, 6) is -0.312. The summed E-state index contributed by atoms with van der Waals surface area (Å²) in [4.78, 5) is 23.9. The number of nitrogens with one attached hydrogen (secondary N) is 2. The molecule has 0 aliphatic carbocycles. The summed E-state index contributed by atoms with van der Waals surface area (Å²) < 4.78 is 4.93. The van der Waals surface area contributed by atoms with Crippen molar-refractivity contribution in [3.63, 3.8) is 0 Å². The third kappa shape index (κ3) is 3.82. The number of hydrogen-bond acceptors (Lipinski definition) is 4. The summed E-state index contributed by atoms with van der Waals surface area (Å²) in [6.07, 6.45) is 1.67. The van der Waals surface area contributed by atoms with Gasteiger partial charge in [0.1, 0.15) is 0 Å². The molecule has 1 aromatic rings. The lowest BCUT2D eigenvalue weighted by molar-refractivity contribution is -0.126. The third-order valence-corrected chi connectivity index (χ3v) is 3.91. The van der Waals surface area contributed by atoms with Crippen LogP contribution in [0, 0.1) is 5.41 Å². The molecule has 0 spiro atoms. The average Bonchev–Trinajstić information content (AvgIpc) is 2.49. The normalized spacial score (nSPS) is 17.0. The van der Waals surface area contributed by atoms with Crippen LogP contribution in [0.3, 0.4) is 0 Å². The van der Waals surface area contributed by atoms with Crippen LogP contribution in [0.4, 0.5) is 5.69 Å². The summed E-state index contributed by atoms with van der Waals surface area (Å²) in [7, 11) is 0. The Kier molecular flexibility index (Phi) is 4.96. The average molecular weight is 290 g/mol. The number of benzene rings is 1. The van der Waals surface area contributed by atoms with Gasteiger partial charge >= 0.3 is 5.97 Å². The van der Waals surface area contributed by atoms with Crippen LogP contribution < -0.4 is 10.6 Å². The summed E-state index contributed by atoms with van der Waals surface area (Å²) in [6.45, 7) is 5.85. The second-order valence-corrected chi connectivity index (χ2v) is 5.56. The van der Waals surface area contributed by atoms with E-state index < -0.39 is 0 Å². The number of hydrogen-bond donors (Lipinski definition) is 2. The quantitative estimate of drug-likeness (QED) is 0.834. The van der Waals surface area contributed by atoms with Gasteiger partial charge in [-0.3, -0.25) is 4.79 Å². The first-order chi connectivity index (χ1) is 10.0. The van der Waals surface area contributed by atoms with E-state index in [9.17, 15) is 9.59 Å². The van der Waals surface area contributed by atoms with E-state index in [1.54, 1.807) is 31.2 Å². The minimum atomic E-state index is -0.347. The summed E-state index contributed by atoms with van der Waals surface area (Å²) in [5.41, 5.74) is 0.862. The zero-order chi connectivity index (χ0) is 15.3. The minimum Gasteiger partial charge on any atom is -0.462 e. The van der Waals surface area contributed by atoms with Gasteiger partial charge in [0.2, 0.25) is 5.91 Å². The van der Waals surface area contributed by atoms with Gasteiger partial charge in [0.05, 0.1) is 12.2 Å². The molecule has 2 N–H and O–H groups in total. The van der Waals surface area contributed by atoms with Crippen LogP contribution in [-0.4, -0.2) is 31.6 Å². The topological polar surface area (TPSA) is 67.4 Å². The molecule has 1 aromatic carbocycles. The van der Waals surface area contributed by atoms with Gasteiger partial charge < -0.3 is 15.4 Å². The van der Waals surface area contributed by atoms with E-state index in [-0.39, 0.29) is 17.3 Å². The molecule has 0 radical (unpaired) electrons. The molecule has 1 fully saturated rings. The Hall–Kier alpha value is -1.88. The highest BCUT2D eigenvalue weighted by Crippen LogP contribution is 2.29. The van der Waals surface area contributed by atoms with Crippen LogP contribution in [0.15, 0.2) is 24.3 Å². The molecule has 0 unspecified atom stereocenters. The van der Waals surface area contributed by atoms with Crippen molar-refractivity contribution in [1.29, 1.82) is 0 Å². The van der Waals surface area contributed by atoms with Crippen LogP contribution in [0.1, 0.15) is 37.0 Å². The van der Waals surface area contributed by atoms with Crippen LogP contribution >= 0.6 is 0 Å². The van der Waals surface area contributed by atoms with Crippen molar-refractivity contribution in [1.82, 2.24) is 5.32 Å². The van der Waals surface area contributed by atoms with Crippen molar-refractivity contribution in [2.24, 2.45) is 5.41 Å². The van der Waals surface area contributed by atoms with Crippen molar-refractivity contribution < 1.29 is 14.3 Å². The van der Waals surface area contributed by atoms with Crippen LogP contribution in [0.25, 0.3) is 0 Å². The highest BCUT2D eigenvalue weighted by Gasteiger charge is 2.34. The molecule has 2 rings (SSSR count). The van der Waals surface area contributed by atoms with Gasteiger partial charge in [-0.15, -0.1) is 0 Å². The van der Waals surface area contributed by atoms with E-state index in [0.717, 1.165) is 25.9 Å². The monoisotopic (exact) mass is 290 g/mol. The van der Waals surface area contributed by atoms with Gasteiger partial charge in [-0.2, -0.15) is 0 Å². The molecular formula is C16H22N2O3. The summed E-state index contributed by atoms with van der Waals surface area (Å²) in [5, 5.41) is 6.19. The van der Waals surface area contributed by atoms with Crippen LogP contribution in [0.5, 0.6) is 0 Å². The van der Waals surface area contributed by atoms with Crippen molar-refractivity contribution in [3.8, 4) is 0 Å². The number of rotatable bonds is 4. The predicted molar refractivity (Wildman–Crippen MR) is 81.2 cm³/mol. The van der Waals surface area contributed by atoms with E-state index in [4.69, 9.17) is 4.74 Å². The third-order valence-electron chi connectivity index (χ3n) is 3.91. The Labute approximate surface area is 125 Å². The second-order valence-electron chi connectivity index (χ2n) is 5.56. The van der Waals surface area contributed by atoms with E-state index >= 15 is 0 Å². The first-order valence-corrected chi connectivity index (χ1v) is 7.34. The number of anilines is 1. The largest absolute Gasteiger partial charge is 0.462 e. The highest BCUT2D eigenvalue weighted by molar-refractivity contribution is 5.96. The van der Waals surface area contributed by atoms with Gasteiger partial charge in [0.15, 0.2) is 0 Å². The lowest BCUT2D eigenvalue weighted by Gasteiger charge is -2.32. The molecule has 0 atom stereocenters. The molecule has 1 heterocycles. The maximum Gasteiger partial charge on any atom is 0.338 e. The zero-order valence-corrected chi connectivity index (χ0v) is 12.6. The fraction of sp³-hybridized carbons (Fsp3) is 0.500. The van der Waals surface area contributed by atoms with E-state index in [1.807, 2.05) is 6.92 Å². The summed E-state index contributed by atoms with van der Waals surface area (Å²) >= 11 is 0. The molecule has 1 aliphatic rings. The lowest BCUT2D eigenvalue weighted by atomic mass is 9.80. The van der Waals surface area contributed by atoms with Gasteiger partial charge in [-0.25, -0.2) is 4.79 Å². The summed E-state index contributed by atoms with van der Waals surface area (Å²) in [6, 6.07) is 6.79. The van der Waals surface area contributed by atoms with Crippen molar-refractivity contribution >= 4 is 17.6 Å². The van der Waals surface area contributed by atoms with Crippen molar-refractivity contribution in [2.75, 3.05) is 25.0 Å². The van der Waals surface area contributed by atoms with E-state index in [0.29, 0.717) is 17.9 Å². The number of esters is 1. The molecular weight excluding hydrogens is 268 g/mol. The molecule has 21 heavy (non-hydrogen) atoms. The maximum atomic E-state index is 12.4. The maximum absolute atomic E-state index is 12.4. The fourth-order valence-corrected chi connectivity index (χ4v) is 2.39. The van der Waals surface area contributed by atoms with Crippen LogP contribution in [0.2, 0.25) is 0 Å². The lowest BCUT2D eigenvalue weighted by Crippen LogP contribution is -2.42. The number of piperidine rings is 1. The molecule has 1 amide bonds. The molecule has 0 saturated carbocycles. The number of amides is 1. The van der Waals surface area contributed by atoms with Gasteiger partial charge in [0, 0.05) is 11.1 Å².